The summed E-state index contributed by atoms with van der Waals surface area (Å²) in [6.45, 7) is 0.00914. The molecule has 1 aliphatic carbocycles. The van der Waals surface area contributed by atoms with Gasteiger partial charge in [-0.3, -0.25) is 0 Å². The standard InChI is InChI=1S/C25H19NO4/c27-24(11-10-20-9-8-16-4-1-2-7-22(16)26-20)29-15-19-14-25(28)30-23-13-18-6-3-5-17(18)12-21(19)23/h1-2,4,7-14H,3,5-6,15H2. The highest BCUT2D eigenvalue weighted by Gasteiger charge is 2.15. The normalized spacial score (nSPS) is 13.2. The highest BCUT2D eigenvalue weighted by atomic mass is 16.5. The van der Waals surface area contributed by atoms with E-state index < -0.39 is 11.6 Å². The number of pyridine rings is 1. The molecule has 0 spiro atoms. The molecule has 0 atom stereocenters. The molecule has 2 aromatic heterocycles. The van der Waals surface area contributed by atoms with Crippen LogP contribution in [0.5, 0.6) is 0 Å². The summed E-state index contributed by atoms with van der Waals surface area (Å²) in [6.07, 6.45) is 6.10. The van der Waals surface area contributed by atoms with Crippen molar-refractivity contribution in [3.63, 3.8) is 0 Å². The molecule has 2 heterocycles. The maximum Gasteiger partial charge on any atom is 0.336 e. The molecule has 0 fully saturated rings. The number of benzene rings is 2. The quantitative estimate of drug-likeness (QED) is 0.286. The van der Waals surface area contributed by atoms with Crippen LogP contribution in [0, 0.1) is 0 Å². The number of carbonyl (C=O) groups is 1. The van der Waals surface area contributed by atoms with Crippen molar-refractivity contribution >= 4 is 33.9 Å². The number of carbonyl (C=O) groups excluding carboxylic acids is 1. The van der Waals surface area contributed by atoms with E-state index in [1.807, 2.05) is 42.5 Å². The summed E-state index contributed by atoms with van der Waals surface area (Å²) < 4.78 is 10.7. The van der Waals surface area contributed by atoms with Crippen LogP contribution in [0.2, 0.25) is 0 Å². The Morgan fingerprint density at radius 2 is 1.90 bits per heavy atom. The number of fused-ring (bicyclic) bond motifs is 3. The summed E-state index contributed by atoms with van der Waals surface area (Å²) in [5.74, 6) is -0.493. The van der Waals surface area contributed by atoms with Crippen LogP contribution in [0.4, 0.5) is 0 Å². The molecule has 2 aromatic carbocycles. The summed E-state index contributed by atoms with van der Waals surface area (Å²) in [6, 6.07) is 17.0. The first kappa shape index (κ1) is 18.3. The second-order valence-electron chi connectivity index (χ2n) is 7.43. The number of hydrogen-bond donors (Lipinski definition) is 0. The fourth-order valence-corrected chi connectivity index (χ4v) is 3.94. The van der Waals surface area contributed by atoms with Crippen molar-refractivity contribution in [1.29, 1.82) is 0 Å². The van der Waals surface area contributed by atoms with Gasteiger partial charge < -0.3 is 9.15 Å². The molecule has 5 rings (SSSR count). The molecular formula is C25H19NO4. The molecule has 4 aromatic rings. The molecule has 0 aliphatic heterocycles. The van der Waals surface area contributed by atoms with Crippen LogP contribution >= 0.6 is 0 Å². The van der Waals surface area contributed by atoms with Gasteiger partial charge in [-0.2, -0.15) is 0 Å². The van der Waals surface area contributed by atoms with Crippen molar-refractivity contribution in [3.05, 3.63) is 93.5 Å². The predicted octanol–water partition coefficient (Wildman–Crippen LogP) is 4.59. The number of rotatable bonds is 4. The summed E-state index contributed by atoms with van der Waals surface area (Å²) in [5, 5.41) is 1.86. The number of aryl methyl sites for hydroxylation is 2. The number of hydrogen-bond acceptors (Lipinski definition) is 5. The minimum absolute atomic E-state index is 0.00914. The number of nitrogens with zero attached hydrogens (tertiary/aromatic N) is 1. The molecule has 0 bridgehead atoms. The molecular weight excluding hydrogens is 378 g/mol. The third kappa shape index (κ3) is 3.62. The van der Waals surface area contributed by atoms with Gasteiger partial charge in [-0.05, 0) is 60.7 Å². The zero-order valence-corrected chi connectivity index (χ0v) is 16.3. The van der Waals surface area contributed by atoms with E-state index in [0.717, 1.165) is 35.6 Å². The minimum Gasteiger partial charge on any atom is -0.458 e. The predicted molar refractivity (Wildman–Crippen MR) is 115 cm³/mol. The molecule has 1 aliphatic rings. The third-order valence-electron chi connectivity index (χ3n) is 5.42. The van der Waals surface area contributed by atoms with Crippen molar-refractivity contribution in [2.24, 2.45) is 0 Å². The van der Waals surface area contributed by atoms with Gasteiger partial charge >= 0.3 is 11.6 Å². The third-order valence-corrected chi connectivity index (χ3v) is 5.42. The average molecular weight is 397 g/mol. The molecule has 0 amide bonds. The smallest absolute Gasteiger partial charge is 0.336 e. The fraction of sp³-hybridized carbons (Fsp3) is 0.160. The van der Waals surface area contributed by atoms with Gasteiger partial charge in [0.05, 0.1) is 11.2 Å². The van der Waals surface area contributed by atoms with Gasteiger partial charge in [0.15, 0.2) is 0 Å². The van der Waals surface area contributed by atoms with Crippen LogP contribution in [0.25, 0.3) is 27.9 Å². The van der Waals surface area contributed by atoms with Crippen molar-refractivity contribution in [2.45, 2.75) is 25.9 Å². The minimum atomic E-state index is -0.493. The Hall–Kier alpha value is -3.73. The van der Waals surface area contributed by atoms with E-state index in [1.165, 1.54) is 23.3 Å². The number of para-hydroxylation sites is 1. The lowest BCUT2D eigenvalue weighted by atomic mass is 10.0. The Morgan fingerprint density at radius 3 is 2.80 bits per heavy atom. The Labute approximate surface area is 172 Å². The Balaban J connectivity index is 1.34. The molecule has 5 heteroatoms. The maximum absolute atomic E-state index is 12.2. The van der Waals surface area contributed by atoms with Gasteiger partial charge in [0.1, 0.15) is 12.2 Å². The fourth-order valence-electron chi connectivity index (χ4n) is 3.94. The van der Waals surface area contributed by atoms with Crippen LogP contribution in [-0.4, -0.2) is 11.0 Å². The van der Waals surface area contributed by atoms with Crippen molar-refractivity contribution in [3.8, 4) is 0 Å². The van der Waals surface area contributed by atoms with Crippen LogP contribution in [0.1, 0.15) is 28.8 Å². The second-order valence-corrected chi connectivity index (χ2v) is 7.43. The summed E-state index contributed by atoms with van der Waals surface area (Å²) in [5.41, 5.74) is 4.79. The van der Waals surface area contributed by atoms with Crippen LogP contribution in [-0.2, 0) is 29.0 Å². The monoisotopic (exact) mass is 397 g/mol. The van der Waals surface area contributed by atoms with E-state index in [0.29, 0.717) is 16.8 Å². The maximum atomic E-state index is 12.2. The van der Waals surface area contributed by atoms with Gasteiger partial charge in [0.2, 0.25) is 0 Å². The number of ether oxygens (including phenoxy) is 1. The first-order chi connectivity index (χ1) is 14.7. The molecule has 0 unspecified atom stereocenters. The average Bonchev–Trinajstić information content (AvgIpc) is 3.21. The molecule has 0 saturated heterocycles. The zero-order valence-electron chi connectivity index (χ0n) is 16.3. The first-order valence-electron chi connectivity index (χ1n) is 9.95. The summed E-state index contributed by atoms with van der Waals surface area (Å²) in [4.78, 5) is 28.7. The lowest BCUT2D eigenvalue weighted by Gasteiger charge is -2.08. The Morgan fingerprint density at radius 1 is 1.07 bits per heavy atom. The zero-order chi connectivity index (χ0) is 20.5. The number of esters is 1. The van der Waals surface area contributed by atoms with E-state index in [2.05, 4.69) is 11.1 Å². The molecule has 0 radical (unpaired) electrons. The highest BCUT2D eigenvalue weighted by molar-refractivity contribution is 5.88. The summed E-state index contributed by atoms with van der Waals surface area (Å²) in [7, 11) is 0. The van der Waals surface area contributed by atoms with Crippen molar-refractivity contribution < 1.29 is 13.9 Å². The van der Waals surface area contributed by atoms with Gasteiger partial charge in [-0.15, -0.1) is 0 Å². The van der Waals surface area contributed by atoms with E-state index in [4.69, 9.17) is 9.15 Å². The Kier molecular flexibility index (Phi) is 4.64. The van der Waals surface area contributed by atoms with E-state index in [1.54, 1.807) is 6.08 Å². The van der Waals surface area contributed by atoms with Crippen LogP contribution < -0.4 is 5.63 Å². The highest BCUT2D eigenvalue weighted by Crippen LogP contribution is 2.28. The van der Waals surface area contributed by atoms with E-state index in [-0.39, 0.29) is 6.61 Å². The topological polar surface area (TPSA) is 69.4 Å². The van der Waals surface area contributed by atoms with E-state index >= 15 is 0 Å². The molecule has 0 N–H and O–H groups in total. The SMILES string of the molecule is O=C(C=Cc1ccc2ccccc2n1)OCc1cc(=O)oc2cc3c(cc12)CCC3. The van der Waals surface area contributed by atoms with Crippen LogP contribution in [0.3, 0.4) is 0 Å². The second kappa shape index (κ2) is 7.59. The van der Waals surface area contributed by atoms with Crippen molar-refractivity contribution in [2.75, 3.05) is 0 Å². The largest absolute Gasteiger partial charge is 0.458 e. The molecule has 0 saturated carbocycles. The van der Waals surface area contributed by atoms with Gasteiger partial charge in [0.25, 0.3) is 0 Å². The molecule has 30 heavy (non-hydrogen) atoms. The van der Waals surface area contributed by atoms with Gasteiger partial charge in [0, 0.05) is 28.5 Å². The first-order valence-corrected chi connectivity index (χ1v) is 9.95. The van der Waals surface area contributed by atoms with Gasteiger partial charge in [-0.1, -0.05) is 24.3 Å². The lowest BCUT2D eigenvalue weighted by molar-refractivity contribution is -0.138. The molecule has 5 nitrogen and oxygen atoms in total. The van der Waals surface area contributed by atoms with E-state index in [9.17, 15) is 9.59 Å². The van der Waals surface area contributed by atoms with Crippen LogP contribution in [0.15, 0.2) is 69.9 Å². The summed E-state index contributed by atoms with van der Waals surface area (Å²) >= 11 is 0. The Bertz CT molecular complexity index is 1370. The molecule has 148 valence electrons. The van der Waals surface area contributed by atoms with Crippen molar-refractivity contribution in [1.82, 2.24) is 4.98 Å². The van der Waals surface area contributed by atoms with Gasteiger partial charge in [-0.25, -0.2) is 14.6 Å². The number of aromatic nitrogens is 1. The lowest BCUT2D eigenvalue weighted by Crippen LogP contribution is -2.06.